The first kappa shape index (κ1) is 8.65. The second-order valence-corrected chi connectivity index (χ2v) is 2.64. The lowest BCUT2D eigenvalue weighted by atomic mass is 10.1. The van der Waals surface area contributed by atoms with E-state index in [4.69, 9.17) is 0 Å². The van der Waals surface area contributed by atoms with E-state index in [0.29, 0.717) is 12.1 Å². The van der Waals surface area contributed by atoms with Crippen molar-refractivity contribution in [2.75, 3.05) is 0 Å². The summed E-state index contributed by atoms with van der Waals surface area (Å²) in [7, 11) is 0. The summed E-state index contributed by atoms with van der Waals surface area (Å²) in [6.07, 6.45) is 1.49. The maximum absolute atomic E-state index is 9.98. The van der Waals surface area contributed by atoms with Crippen LogP contribution in [0.5, 0.6) is 0 Å². The van der Waals surface area contributed by atoms with E-state index in [9.17, 15) is 4.91 Å². The van der Waals surface area contributed by atoms with Gasteiger partial charge in [-0.15, -0.1) is 4.91 Å². The van der Waals surface area contributed by atoms with Gasteiger partial charge in [-0.1, -0.05) is 36.9 Å². The van der Waals surface area contributed by atoms with Gasteiger partial charge in [0.25, 0.3) is 0 Å². The highest BCUT2D eigenvalue weighted by atomic mass is 16.3. The molecule has 0 atom stereocenters. The molecular weight excluding hydrogens is 150 g/mol. The van der Waals surface area contributed by atoms with Gasteiger partial charge in [0.15, 0.2) is 0 Å². The van der Waals surface area contributed by atoms with Crippen molar-refractivity contribution in [1.29, 1.82) is 0 Å². The van der Waals surface area contributed by atoms with Gasteiger partial charge in [0.05, 0.1) is 5.70 Å². The summed E-state index contributed by atoms with van der Waals surface area (Å²) in [6, 6.07) is 9.98. The Morgan fingerprint density at radius 2 is 2.00 bits per heavy atom. The Kier molecular flexibility index (Phi) is 3.20. The van der Waals surface area contributed by atoms with Crippen molar-refractivity contribution >= 4 is 0 Å². The topological polar surface area (TPSA) is 29.4 Å². The van der Waals surface area contributed by atoms with Gasteiger partial charge in [-0.05, 0) is 23.6 Å². The molecule has 0 aromatic heterocycles. The Morgan fingerprint density at radius 3 is 2.58 bits per heavy atom. The number of hydrogen-bond acceptors (Lipinski definition) is 2. The standard InChI is InChI=1S/C10H11NO/c1-9(11-12)7-8-10-5-3-2-4-6-10/h2-6H,1,7-8H2. The largest absolute Gasteiger partial charge is 0.145 e. The van der Waals surface area contributed by atoms with Crippen molar-refractivity contribution in [3.05, 3.63) is 53.1 Å². The summed E-state index contributed by atoms with van der Waals surface area (Å²) in [5.41, 5.74) is 1.63. The summed E-state index contributed by atoms with van der Waals surface area (Å²) in [5, 5.41) is 2.76. The molecule has 0 N–H and O–H groups in total. The molecular formula is C10H11NO. The molecule has 0 aliphatic rings. The summed E-state index contributed by atoms with van der Waals surface area (Å²) in [5.74, 6) is 0. The minimum Gasteiger partial charge on any atom is -0.145 e. The van der Waals surface area contributed by atoms with Crippen molar-refractivity contribution in [2.45, 2.75) is 12.8 Å². The van der Waals surface area contributed by atoms with Crippen LogP contribution < -0.4 is 0 Å². The molecule has 0 bridgehead atoms. The normalized spacial score (nSPS) is 9.33. The smallest absolute Gasteiger partial charge is 0.0780 e. The molecule has 0 aliphatic heterocycles. The lowest BCUT2D eigenvalue weighted by Crippen LogP contribution is -1.84. The van der Waals surface area contributed by atoms with E-state index < -0.39 is 0 Å². The molecule has 0 saturated carbocycles. The third kappa shape index (κ3) is 2.66. The van der Waals surface area contributed by atoms with Crippen LogP contribution in [0.1, 0.15) is 12.0 Å². The lowest BCUT2D eigenvalue weighted by Gasteiger charge is -1.97. The summed E-state index contributed by atoms with van der Waals surface area (Å²) >= 11 is 0. The first-order valence-electron chi connectivity index (χ1n) is 3.88. The van der Waals surface area contributed by atoms with E-state index >= 15 is 0 Å². The number of benzene rings is 1. The maximum atomic E-state index is 9.98. The molecule has 2 heteroatoms. The van der Waals surface area contributed by atoms with Crippen molar-refractivity contribution in [3.8, 4) is 0 Å². The summed E-state index contributed by atoms with van der Waals surface area (Å²) in [4.78, 5) is 9.98. The predicted octanol–water partition coefficient (Wildman–Crippen LogP) is 2.90. The molecule has 62 valence electrons. The van der Waals surface area contributed by atoms with E-state index in [0.717, 1.165) is 6.42 Å². The van der Waals surface area contributed by atoms with Gasteiger partial charge >= 0.3 is 0 Å². The molecule has 0 fully saturated rings. The SMILES string of the molecule is C=C(CCc1ccccc1)N=O. The predicted molar refractivity (Wildman–Crippen MR) is 49.7 cm³/mol. The Bertz CT molecular complexity index is 266. The summed E-state index contributed by atoms with van der Waals surface area (Å²) in [6.45, 7) is 3.51. The Balaban J connectivity index is 2.43. The Hall–Kier alpha value is -1.44. The van der Waals surface area contributed by atoms with Crippen LogP contribution in [0.15, 0.2) is 47.8 Å². The Labute approximate surface area is 71.9 Å². The van der Waals surface area contributed by atoms with E-state index in [1.165, 1.54) is 5.56 Å². The molecule has 2 nitrogen and oxygen atoms in total. The minimum absolute atomic E-state index is 0.416. The fourth-order valence-electron chi connectivity index (χ4n) is 0.979. The van der Waals surface area contributed by atoms with E-state index in [1.54, 1.807) is 0 Å². The lowest BCUT2D eigenvalue weighted by molar-refractivity contribution is 0.929. The Morgan fingerprint density at radius 1 is 1.33 bits per heavy atom. The number of aryl methyl sites for hydroxylation is 1. The first-order chi connectivity index (χ1) is 5.83. The third-order valence-corrected chi connectivity index (χ3v) is 1.67. The molecule has 1 aromatic carbocycles. The molecule has 1 aromatic rings. The zero-order chi connectivity index (χ0) is 8.81. The highest BCUT2D eigenvalue weighted by Gasteiger charge is 1.94. The minimum atomic E-state index is 0.416. The van der Waals surface area contributed by atoms with Crippen LogP contribution in [0.4, 0.5) is 0 Å². The van der Waals surface area contributed by atoms with Crippen LogP contribution in [-0.4, -0.2) is 0 Å². The van der Waals surface area contributed by atoms with Crippen LogP contribution in [0.25, 0.3) is 0 Å². The number of rotatable bonds is 4. The molecule has 0 aliphatic carbocycles. The quantitative estimate of drug-likeness (QED) is 0.624. The van der Waals surface area contributed by atoms with Gasteiger partial charge in [-0.25, -0.2) is 0 Å². The van der Waals surface area contributed by atoms with Crippen LogP contribution in [0.3, 0.4) is 0 Å². The van der Waals surface area contributed by atoms with Crippen LogP contribution in [0.2, 0.25) is 0 Å². The molecule has 0 radical (unpaired) electrons. The van der Waals surface area contributed by atoms with Crippen molar-refractivity contribution in [2.24, 2.45) is 5.18 Å². The van der Waals surface area contributed by atoms with Crippen molar-refractivity contribution in [3.63, 3.8) is 0 Å². The molecule has 0 heterocycles. The van der Waals surface area contributed by atoms with Crippen molar-refractivity contribution < 1.29 is 0 Å². The average Bonchev–Trinajstić information content (AvgIpc) is 2.16. The first-order valence-corrected chi connectivity index (χ1v) is 3.88. The molecule has 1 rings (SSSR count). The van der Waals surface area contributed by atoms with Crippen LogP contribution in [0, 0.1) is 4.91 Å². The second-order valence-electron chi connectivity index (χ2n) is 2.64. The highest BCUT2D eigenvalue weighted by molar-refractivity contribution is 5.15. The molecule has 0 amide bonds. The maximum Gasteiger partial charge on any atom is 0.0780 e. The second kappa shape index (κ2) is 4.44. The number of hydrogen-bond donors (Lipinski definition) is 0. The third-order valence-electron chi connectivity index (χ3n) is 1.67. The van der Waals surface area contributed by atoms with Gasteiger partial charge in [0.2, 0.25) is 0 Å². The van der Waals surface area contributed by atoms with E-state index in [1.807, 2.05) is 30.3 Å². The monoisotopic (exact) mass is 161 g/mol. The van der Waals surface area contributed by atoms with Crippen LogP contribution in [-0.2, 0) is 6.42 Å². The van der Waals surface area contributed by atoms with Gasteiger partial charge in [0, 0.05) is 0 Å². The number of nitroso groups, excluding NO2 is 1. The van der Waals surface area contributed by atoms with Gasteiger partial charge < -0.3 is 0 Å². The molecule has 12 heavy (non-hydrogen) atoms. The fourth-order valence-corrected chi connectivity index (χ4v) is 0.979. The zero-order valence-corrected chi connectivity index (χ0v) is 6.86. The van der Waals surface area contributed by atoms with E-state index in [-0.39, 0.29) is 0 Å². The van der Waals surface area contributed by atoms with E-state index in [2.05, 4.69) is 11.8 Å². The van der Waals surface area contributed by atoms with Gasteiger partial charge in [-0.2, -0.15) is 0 Å². The average molecular weight is 161 g/mol. The number of nitrogens with zero attached hydrogens (tertiary/aromatic N) is 1. The molecule has 0 unspecified atom stereocenters. The highest BCUT2D eigenvalue weighted by Crippen LogP contribution is 2.07. The number of allylic oxidation sites excluding steroid dienone is 1. The fraction of sp³-hybridized carbons (Fsp3) is 0.200. The summed E-state index contributed by atoms with van der Waals surface area (Å²) < 4.78 is 0. The molecule has 0 spiro atoms. The van der Waals surface area contributed by atoms with Gasteiger partial charge in [0.1, 0.15) is 0 Å². The van der Waals surface area contributed by atoms with Crippen LogP contribution >= 0.6 is 0 Å². The molecule has 0 saturated heterocycles. The zero-order valence-electron chi connectivity index (χ0n) is 6.86. The van der Waals surface area contributed by atoms with Crippen molar-refractivity contribution in [1.82, 2.24) is 0 Å². The van der Waals surface area contributed by atoms with Gasteiger partial charge in [-0.3, -0.25) is 0 Å².